The fraction of sp³-hybridized carbons (Fsp3) is 0.500. The second-order valence-electron chi connectivity index (χ2n) is 7.41. The molecule has 0 bridgehead atoms. The minimum Gasteiger partial charge on any atom is -0.370 e. The van der Waals surface area contributed by atoms with Crippen molar-refractivity contribution in [2.45, 2.75) is 26.8 Å². The minimum atomic E-state index is -1.12. The smallest absolute Gasteiger partial charge is 0.253 e. The van der Waals surface area contributed by atoms with E-state index in [0.717, 1.165) is 5.69 Å². The molecule has 1 fully saturated rings. The molecule has 142 valence electrons. The van der Waals surface area contributed by atoms with Crippen molar-refractivity contribution < 1.29 is 19.1 Å². The Balaban J connectivity index is 2.01. The van der Waals surface area contributed by atoms with E-state index in [1.807, 2.05) is 20.8 Å². The molecule has 1 aliphatic rings. The lowest BCUT2D eigenvalue weighted by Gasteiger charge is -2.27. The van der Waals surface area contributed by atoms with Crippen LogP contribution in [-0.2, 0) is 19.1 Å². The zero-order chi connectivity index (χ0) is 19.3. The highest BCUT2D eigenvalue weighted by Crippen LogP contribution is 2.20. The van der Waals surface area contributed by atoms with Crippen LogP contribution in [0.2, 0.25) is 0 Å². The summed E-state index contributed by atoms with van der Waals surface area (Å²) in [5, 5.41) is 5.57. The van der Waals surface area contributed by atoms with Crippen LogP contribution in [0, 0.1) is 5.41 Å². The van der Waals surface area contributed by atoms with E-state index in [-0.39, 0.29) is 17.9 Å². The Hall–Kier alpha value is -2.45. The summed E-state index contributed by atoms with van der Waals surface area (Å²) >= 11 is 0. The lowest BCUT2D eigenvalue weighted by Crippen LogP contribution is -2.51. The first-order chi connectivity index (χ1) is 12.2. The van der Waals surface area contributed by atoms with Crippen molar-refractivity contribution in [1.29, 1.82) is 0 Å². The van der Waals surface area contributed by atoms with Crippen LogP contribution >= 0.6 is 0 Å². The second-order valence-corrected chi connectivity index (χ2v) is 7.41. The topological polar surface area (TPSA) is 114 Å². The number of amides is 3. The molecule has 0 radical (unpaired) electrons. The Morgan fingerprint density at radius 3 is 2.46 bits per heavy atom. The number of nitrogens with two attached hydrogens (primary N) is 1. The maximum Gasteiger partial charge on any atom is 0.253 e. The maximum atomic E-state index is 12.4. The summed E-state index contributed by atoms with van der Waals surface area (Å²) in [4.78, 5) is 37.4. The summed E-state index contributed by atoms with van der Waals surface area (Å²) in [6.07, 6.45) is 0. The molecule has 8 heteroatoms. The molecule has 0 aromatic heterocycles. The molecule has 1 aromatic carbocycles. The molecule has 8 nitrogen and oxygen atoms in total. The van der Waals surface area contributed by atoms with Gasteiger partial charge in [-0.05, 0) is 29.7 Å². The normalized spacial score (nSPS) is 16.3. The van der Waals surface area contributed by atoms with E-state index in [1.54, 1.807) is 29.2 Å². The quantitative estimate of drug-likeness (QED) is 0.637. The van der Waals surface area contributed by atoms with Crippen LogP contribution in [0.5, 0.6) is 0 Å². The zero-order valence-corrected chi connectivity index (χ0v) is 15.4. The number of ether oxygens (including phenoxy) is 1. The standard InChI is InChI=1S/C18H26N4O4/c1-18(2,3)11-20-15(16(19)24)17(25)21-12-4-6-13(7-5-12)22-8-9-26-10-14(22)23/h4-7,15,20H,8-11H2,1-3H3,(H2,19,24)(H,21,25). The van der Waals surface area contributed by atoms with E-state index >= 15 is 0 Å². The van der Waals surface area contributed by atoms with Crippen molar-refractivity contribution in [3.8, 4) is 0 Å². The Kier molecular flexibility index (Phi) is 6.33. The number of primary amides is 1. The highest BCUT2D eigenvalue weighted by atomic mass is 16.5. The number of hydrogen-bond acceptors (Lipinski definition) is 5. The molecule has 0 saturated carbocycles. The van der Waals surface area contributed by atoms with Crippen molar-refractivity contribution in [1.82, 2.24) is 5.32 Å². The van der Waals surface area contributed by atoms with Crippen molar-refractivity contribution in [3.05, 3.63) is 24.3 Å². The van der Waals surface area contributed by atoms with Gasteiger partial charge >= 0.3 is 0 Å². The molecule has 4 N–H and O–H groups in total. The zero-order valence-electron chi connectivity index (χ0n) is 15.4. The lowest BCUT2D eigenvalue weighted by atomic mass is 9.96. The van der Waals surface area contributed by atoms with Gasteiger partial charge < -0.3 is 20.7 Å². The first-order valence-electron chi connectivity index (χ1n) is 8.49. The largest absolute Gasteiger partial charge is 0.370 e. The number of anilines is 2. The summed E-state index contributed by atoms with van der Waals surface area (Å²) in [5.41, 5.74) is 6.49. The third-order valence-corrected chi connectivity index (χ3v) is 3.82. The van der Waals surface area contributed by atoms with Gasteiger partial charge in [0.1, 0.15) is 6.61 Å². The number of rotatable bonds is 6. The van der Waals surface area contributed by atoms with Gasteiger partial charge in [-0.25, -0.2) is 0 Å². The van der Waals surface area contributed by atoms with Crippen LogP contribution in [0.1, 0.15) is 20.8 Å². The van der Waals surface area contributed by atoms with Crippen molar-refractivity contribution in [3.63, 3.8) is 0 Å². The van der Waals surface area contributed by atoms with Gasteiger partial charge in [0.15, 0.2) is 6.04 Å². The minimum absolute atomic E-state index is 0.0677. The molecule has 1 aliphatic heterocycles. The summed E-state index contributed by atoms with van der Waals surface area (Å²) in [5.74, 6) is -1.35. The second kappa shape index (κ2) is 8.29. The van der Waals surface area contributed by atoms with Gasteiger partial charge in [0, 0.05) is 24.5 Å². The number of hydrogen-bond donors (Lipinski definition) is 3. The lowest BCUT2D eigenvalue weighted by molar-refractivity contribution is -0.128. The van der Waals surface area contributed by atoms with E-state index in [1.165, 1.54) is 0 Å². The van der Waals surface area contributed by atoms with Crippen LogP contribution in [0.4, 0.5) is 11.4 Å². The molecule has 0 aliphatic carbocycles. The van der Waals surface area contributed by atoms with E-state index < -0.39 is 17.9 Å². The van der Waals surface area contributed by atoms with E-state index in [4.69, 9.17) is 10.5 Å². The molecule has 26 heavy (non-hydrogen) atoms. The number of nitrogens with one attached hydrogen (secondary N) is 2. The summed E-state index contributed by atoms with van der Waals surface area (Å²) in [6, 6.07) is 5.71. The fourth-order valence-electron chi connectivity index (χ4n) is 2.46. The highest BCUT2D eigenvalue weighted by molar-refractivity contribution is 6.09. The SMILES string of the molecule is CC(C)(C)CNC(C(N)=O)C(=O)Nc1ccc(N2CCOCC2=O)cc1. The van der Waals surface area contributed by atoms with Crippen LogP contribution in [0.25, 0.3) is 0 Å². The predicted molar refractivity (Wildman–Crippen MR) is 98.7 cm³/mol. The number of nitrogens with zero attached hydrogens (tertiary/aromatic N) is 1. The molecule has 3 amide bonds. The van der Waals surface area contributed by atoms with Crippen molar-refractivity contribution >= 4 is 29.1 Å². The van der Waals surface area contributed by atoms with Crippen molar-refractivity contribution in [2.75, 3.05) is 36.5 Å². The fourth-order valence-corrected chi connectivity index (χ4v) is 2.46. The van der Waals surface area contributed by atoms with Crippen LogP contribution in [-0.4, -0.2) is 50.1 Å². The van der Waals surface area contributed by atoms with Gasteiger partial charge in [-0.3, -0.25) is 19.7 Å². The molecule has 1 aromatic rings. The third-order valence-electron chi connectivity index (χ3n) is 3.82. The Bertz CT molecular complexity index is 667. The molecule has 1 heterocycles. The predicted octanol–water partition coefficient (Wildman–Crippen LogP) is 0.478. The molecule has 0 spiro atoms. The van der Waals surface area contributed by atoms with E-state index in [0.29, 0.717) is 25.4 Å². The average Bonchev–Trinajstić information content (AvgIpc) is 2.55. The van der Waals surface area contributed by atoms with Crippen LogP contribution in [0.15, 0.2) is 24.3 Å². The van der Waals surface area contributed by atoms with Crippen LogP contribution in [0.3, 0.4) is 0 Å². The monoisotopic (exact) mass is 362 g/mol. The number of carbonyl (C=O) groups excluding carboxylic acids is 3. The van der Waals surface area contributed by atoms with Gasteiger partial charge in [-0.1, -0.05) is 20.8 Å². The maximum absolute atomic E-state index is 12.4. The van der Waals surface area contributed by atoms with Gasteiger partial charge in [-0.15, -0.1) is 0 Å². The molecular weight excluding hydrogens is 336 g/mol. The van der Waals surface area contributed by atoms with Crippen LogP contribution < -0.4 is 21.3 Å². The molecule has 1 atom stereocenters. The first-order valence-corrected chi connectivity index (χ1v) is 8.49. The summed E-state index contributed by atoms with van der Waals surface area (Å²) in [7, 11) is 0. The average molecular weight is 362 g/mol. The van der Waals surface area contributed by atoms with E-state index in [9.17, 15) is 14.4 Å². The Morgan fingerprint density at radius 1 is 1.27 bits per heavy atom. The van der Waals surface area contributed by atoms with E-state index in [2.05, 4.69) is 10.6 Å². The molecular formula is C18H26N4O4. The van der Waals surface area contributed by atoms with Crippen molar-refractivity contribution in [2.24, 2.45) is 11.1 Å². The Morgan fingerprint density at radius 2 is 1.92 bits per heavy atom. The number of morpholine rings is 1. The van der Waals surface area contributed by atoms with Gasteiger partial charge in [0.25, 0.3) is 11.8 Å². The third kappa shape index (κ3) is 5.53. The van der Waals surface area contributed by atoms with Gasteiger partial charge in [0.05, 0.1) is 6.61 Å². The number of benzene rings is 1. The number of carbonyl (C=O) groups is 3. The highest BCUT2D eigenvalue weighted by Gasteiger charge is 2.26. The van der Waals surface area contributed by atoms with Gasteiger partial charge in [0.2, 0.25) is 5.91 Å². The Labute approximate surface area is 153 Å². The molecule has 1 saturated heterocycles. The summed E-state index contributed by atoms with van der Waals surface area (Å²) < 4.78 is 5.11. The summed E-state index contributed by atoms with van der Waals surface area (Å²) in [6.45, 7) is 7.48. The van der Waals surface area contributed by atoms with Gasteiger partial charge in [-0.2, -0.15) is 0 Å². The molecule has 1 unspecified atom stereocenters. The first kappa shape index (κ1) is 19.9. The molecule has 2 rings (SSSR count).